The van der Waals surface area contributed by atoms with E-state index in [0.29, 0.717) is 13.0 Å². The molecule has 2 unspecified atom stereocenters. The molecule has 0 saturated carbocycles. The molecule has 0 spiro atoms. The highest BCUT2D eigenvalue weighted by atomic mass is 16.5. The van der Waals surface area contributed by atoms with Gasteiger partial charge < -0.3 is 20.5 Å². The lowest BCUT2D eigenvalue weighted by Gasteiger charge is -2.27. The smallest absolute Gasteiger partial charge is 0.223 e. The van der Waals surface area contributed by atoms with E-state index in [1.807, 2.05) is 29.2 Å². The van der Waals surface area contributed by atoms with Crippen molar-refractivity contribution in [1.82, 2.24) is 4.90 Å². The lowest BCUT2D eigenvalue weighted by Crippen LogP contribution is -2.34. The summed E-state index contributed by atoms with van der Waals surface area (Å²) in [5.74, 6) is 0.726. The van der Waals surface area contributed by atoms with Crippen LogP contribution in [0.2, 0.25) is 0 Å². The van der Waals surface area contributed by atoms with Crippen molar-refractivity contribution in [2.75, 3.05) is 26.8 Å². The van der Waals surface area contributed by atoms with Gasteiger partial charge in [-0.2, -0.15) is 0 Å². The molecular formula is C16H24N2O3. The molecule has 1 aliphatic rings. The quantitative estimate of drug-likeness (QED) is 0.829. The van der Waals surface area contributed by atoms with Gasteiger partial charge in [-0.15, -0.1) is 0 Å². The largest absolute Gasteiger partial charge is 0.496 e. The summed E-state index contributed by atoms with van der Waals surface area (Å²) in [4.78, 5) is 14.4. The molecular weight excluding hydrogens is 268 g/mol. The molecule has 1 saturated heterocycles. The molecule has 1 aliphatic heterocycles. The maximum absolute atomic E-state index is 12.5. The maximum atomic E-state index is 12.5. The van der Waals surface area contributed by atoms with Crippen LogP contribution in [-0.2, 0) is 4.79 Å². The number of amides is 1. The topological polar surface area (TPSA) is 75.8 Å². The van der Waals surface area contributed by atoms with E-state index in [4.69, 9.17) is 10.5 Å². The molecule has 0 radical (unpaired) electrons. The molecule has 0 bridgehead atoms. The minimum absolute atomic E-state index is 0.0462. The Kier molecular flexibility index (Phi) is 5.59. The van der Waals surface area contributed by atoms with Gasteiger partial charge in [-0.25, -0.2) is 0 Å². The summed E-state index contributed by atoms with van der Waals surface area (Å²) >= 11 is 0. The lowest BCUT2D eigenvalue weighted by atomic mass is 10.0. The summed E-state index contributed by atoms with van der Waals surface area (Å²) in [6.45, 7) is 1.04. The molecule has 3 N–H and O–H groups in total. The Bertz CT molecular complexity index is 474. The van der Waals surface area contributed by atoms with Crippen molar-refractivity contribution in [3.05, 3.63) is 29.8 Å². The average Bonchev–Trinajstić information content (AvgIpc) is 3.01. The number of nitrogens with zero attached hydrogens (tertiary/aromatic N) is 1. The number of hydrogen-bond donors (Lipinski definition) is 2. The highest BCUT2D eigenvalue weighted by Crippen LogP contribution is 2.37. The summed E-state index contributed by atoms with van der Waals surface area (Å²) in [6, 6.07) is 7.90. The molecule has 1 heterocycles. The van der Waals surface area contributed by atoms with Crippen molar-refractivity contribution < 1.29 is 14.6 Å². The van der Waals surface area contributed by atoms with Crippen molar-refractivity contribution in [1.29, 1.82) is 0 Å². The van der Waals surface area contributed by atoms with Gasteiger partial charge in [0.15, 0.2) is 0 Å². The second-order valence-corrected chi connectivity index (χ2v) is 5.48. The van der Waals surface area contributed by atoms with Gasteiger partial charge in [0.25, 0.3) is 0 Å². The van der Waals surface area contributed by atoms with Crippen LogP contribution in [0.5, 0.6) is 5.75 Å². The van der Waals surface area contributed by atoms with Gasteiger partial charge in [0.1, 0.15) is 5.75 Å². The van der Waals surface area contributed by atoms with Crippen LogP contribution >= 0.6 is 0 Å². The SMILES string of the molecule is COc1ccccc1C1CCCN1C(=O)CC(CN)CO. The normalized spacial score (nSPS) is 19.6. The van der Waals surface area contributed by atoms with Gasteiger partial charge >= 0.3 is 0 Å². The molecule has 21 heavy (non-hydrogen) atoms. The number of aliphatic hydroxyl groups excluding tert-OH is 1. The number of likely N-dealkylation sites (tertiary alicyclic amines) is 1. The molecule has 1 amide bonds. The molecule has 1 aromatic carbocycles. The predicted molar refractivity (Wildman–Crippen MR) is 80.9 cm³/mol. The van der Waals surface area contributed by atoms with E-state index < -0.39 is 0 Å². The summed E-state index contributed by atoms with van der Waals surface area (Å²) < 4.78 is 5.41. The average molecular weight is 292 g/mol. The first kappa shape index (κ1) is 15.8. The molecule has 116 valence electrons. The lowest BCUT2D eigenvalue weighted by molar-refractivity contribution is -0.133. The number of rotatable bonds is 6. The molecule has 1 fully saturated rings. The van der Waals surface area contributed by atoms with Crippen molar-refractivity contribution >= 4 is 5.91 Å². The van der Waals surface area contributed by atoms with Gasteiger partial charge in [-0.1, -0.05) is 18.2 Å². The molecule has 1 aromatic rings. The zero-order chi connectivity index (χ0) is 15.2. The van der Waals surface area contributed by atoms with E-state index >= 15 is 0 Å². The Labute approximate surface area is 125 Å². The van der Waals surface area contributed by atoms with Crippen LogP contribution in [0.25, 0.3) is 0 Å². The Morgan fingerprint density at radius 1 is 1.52 bits per heavy atom. The second kappa shape index (κ2) is 7.43. The summed E-state index contributed by atoms with van der Waals surface area (Å²) in [5, 5.41) is 9.21. The maximum Gasteiger partial charge on any atom is 0.223 e. The van der Waals surface area contributed by atoms with Gasteiger partial charge in [0.05, 0.1) is 13.2 Å². The zero-order valence-corrected chi connectivity index (χ0v) is 12.5. The van der Waals surface area contributed by atoms with Crippen LogP contribution < -0.4 is 10.5 Å². The minimum Gasteiger partial charge on any atom is -0.496 e. The minimum atomic E-state index is -0.156. The fourth-order valence-electron chi connectivity index (χ4n) is 2.92. The first-order chi connectivity index (χ1) is 10.2. The first-order valence-electron chi connectivity index (χ1n) is 7.44. The van der Waals surface area contributed by atoms with Crippen LogP contribution in [0, 0.1) is 5.92 Å². The Hall–Kier alpha value is -1.59. The summed E-state index contributed by atoms with van der Waals surface area (Å²) in [7, 11) is 1.65. The predicted octanol–water partition coefficient (Wildman–Crippen LogP) is 1.32. The monoisotopic (exact) mass is 292 g/mol. The Morgan fingerprint density at radius 3 is 2.95 bits per heavy atom. The fourth-order valence-corrected chi connectivity index (χ4v) is 2.92. The van der Waals surface area contributed by atoms with E-state index in [2.05, 4.69) is 0 Å². The standard InChI is InChI=1S/C16H24N2O3/c1-21-15-7-3-2-5-13(15)14-6-4-8-18(14)16(20)9-12(10-17)11-19/h2-3,5,7,12,14,19H,4,6,8-11,17H2,1H3. The molecule has 2 atom stereocenters. The zero-order valence-electron chi connectivity index (χ0n) is 12.5. The van der Waals surface area contributed by atoms with Crippen LogP contribution in [0.1, 0.15) is 30.9 Å². The number of carbonyl (C=O) groups excluding carboxylic acids is 1. The van der Waals surface area contributed by atoms with Crippen molar-refractivity contribution in [2.45, 2.75) is 25.3 Å². The Balaban J connectivity index is 2.14. The van der Waals surface area contributed by atoms with Crippen molar-refractivity contribution in [3.8, 4) is 5.75 Å². The van der Waals surface area contributed by atoms with E-state index in [1.165, 1.54) is 0 Å². The third-order valence-electron chi connectivity index (χ3n) is 4.13. The van der Waals surface area contributed by atoms with E-state index in [9.17, 15) is 9.90 Å². The number of ether oxygens (including phenoxy) is 1. The van der Waals surface area contributed by atoms with Crippen molar-refractivity contribution in [3.63, 3.8) is 0 Å². The number of carbonyl (C=O) groups is 1. The molecule has 5 nitrogen and oxygen atoms in total. The van der Waals surface area contributed by atoms with Gasteiger partial charge in [0, 0.05) is 31.1 Å². The van der Waals surface area contributed by atoms with E-state index in [0.717, 1.165) is 30.7 Å². The van der Waals surface area contributed by atoms with Crippen LogP contribution in [0.4, 0.5) is 0 Å². The number of hydrogen-bond acceptors (Lipinski definition) is 4. The van der Waals surface area contributed by atoms with Crippen LogP contribution in [-0.4, -0.2) is 42.7 Å². The number of methoxy groups -OCH3 is 1. The molecule has 2 rings (SSSR count). The summed E-state index contributed by atoms with van der Waals surface area (Å²) in [6.07, 6.45) is 2.23. The second-order valence-electron chi connectivity index (χ2n) is 5.48. The van der Waals surface area contributed by atoms with E-state index in [1.54, 1.807) is 7.11 Å². The first-order valence-corrected chi connectivity index (χ1v) is 7.44. The molecule has 5 heteroatoms. The van der Waals surface area contributed by atoms with Crippen molar-refractivity contribution in [2.24, 2.45) is 11.7 Å². The highest BCUT2D eigenvalue weighted by Gasteiger charge is 2.32. The number of benzene rings is 1. The number of para-hydroxylation sites is 1. The number of nitrogens with two attached hydrogens (primary N) is 1. The van der Waals surface area contributed by atoms with Gasteiger partial charge in [0.2, 0.25) is 5.91 Å². The Morgan fingerprint density at radius 2 is 2.29 bits per heavy atom. The van der Waals surface area contributed by atoms with Gasteiger partial charge in [-0.05, 0) is 25.5 Å². The van der Waals surface area contributed by atoms with Crippen LogP contribution in [0.3, 0.4) is 0 Å². The molecule has 0 aliphatic carbocycles. The fraction of sp³-hybridized carbons (Fsp3) is 0.562. The van der Waals surface area contributed by atoms with Crippen LogP contribution in [0.15, 0.2) is 24.3 Å². The third-order valence-corrected chi connectivity index (χ3v) is 4.13. The third kappa shape index (κ3) is 3.54. The van der Waals surface area contributed by atoms with Gasteiger partial charge in [-0.3, -0.25) is 4.79 Å². The number of aliphatic hydroxyl groups is 1. The molecule has 0 aromatic heterocycles. The summed E-state index contributed by atoms with van der Waals surface area (Å²) in [5.41, 5.74) is 6.63. The highest BCUT2D eigenvalue weighted by molar-refractivity contribution is 5.77. The van der Waals surface area contributed by atoms with E-state index in [-0.39, 0.29) is 24.5 Å².